The van der Waals surface area contributed by atoms with Gasteiger partial charge in [0.25, 0.3) is 11.8 Å². The zero-order chi connectivity index (χ0) is 21.3. The van der Waals surface area contributed by atoms with Gasteiger partial charge in [-0.3, -0.25) is 9.59 Å². The van der Waals surface area contributed by atoms with E-state index >= 15 is 0 Å². The van der Waals surface area contributed by atoms with Gasteiger partial charge in [-0.2, -0.15) is 0 Å². The Bertz CT molecular complexity index is 813. The van der Waals surface area contributed by atoms with Crippen LogP contribution < -0.4 is 20.1 Å². The number of nitrogens with one attached hydrogen (secondary N) is 2. The van der Waals surface area contributed by atoms with E-state index in [0.29, 0.717) is 24.6 Å². The topological polar surface area (TPSA) is 76.7 Å². The maximum Gasteiger partial charge on any atom is 0.258 e. The summed E-state index contributed by atoms with van der Waals surface area (Å²) in [5.41, 5.74) is 2.14. The highest BCUT2D eigenvalue weighted by atomic mass is 16.5. The highest BCUT2D eigenvalue weighted by Gasteiger charge is 2.19. The van der Waals surface area contributed by atoms with Crippen LogP contribution in [-0.4, -0.2) is 38.1 Å². The van der Waals surface area contributed by atoms with E-state index in [9.17, 15) is 9.59 Å². The largest absolute Gasteiger partial charge is 0.484 e. The lowest BCUT2D eigenvalue weighted by Gasteiger charge is -2.23. The number of carbonyl (C=O) groups is 2. The van der Waals surface area contributed by atoms with Crippen LogP contribution in [0.25, 0.3) is 0 Å². The first kappa shape index (κ1) is 22.3. The smallest absolute Gasteiger partial charge is 0.258 e. The number of para-hydroxylation sites is 1. The van der Waals surface area contributed by atoms with Gasteiger partial charge in [0.1, 0.15) is 11.5 Å². The van der Waals surface area contributed by atoms with E-state index in [0.717, 1.165) is 11.1 Å². The van der Waals surface area contributed by atoms with Crippen molar-refractivity contribution in [3.63, 3.8) is 0 Å². The first-order valence-corrected chi connectivity index (χ1v) is 9.71. The number of rotatable bonds is 9. The molecule has 0 radical (unpaired) electrons. The van der Waals surface area contributed by atoms with Crippen molar-refractivity contribution >= 4 is 11.8 Å². The Morgan fingerprint density at radius 2 is 1.45 bits per heavy atom. The van der Waals surface area contributed by atoms with Gasteiger partial charge in [0.05, 0.1) is 0 Å². The standard InChI is InChI=1S/C23H30N2O4/c1-17-10-11-20(19(14-17)23(2,3)4)29-16-22(27)25-13-12-24-21(26)15-28-18-8-6-5-7-9-18/h5-11,14H,12-13,15-16H2,1-4H3,(H,24,26)(H,25,27). The van der Waals surface area contributed by atoms with Crippen molar-refractivity contribution in [3.05, 3.63) is 59.7 Å². The third-order valence-corrected chi connectivity index (χ3v) is 4.18. The van der Waals surface area contributed by atoms with Crippen LogP contribution in [0, 0.1) is 6.92 Å². The molecule has 2 aromatic carbocycles. The fourth-order valence-corrected chi connectivity index (χ4v) is 2.67. The molecule has 2 rings (SSSR count). The van der Waals surface area contributed by atoms with Gasteiger partial charge in [0.2, 0.25) is 0 Å². The first-order chi connectivity index (χ1) is 13.8. The van der Waals surface area contributed by atoms with Gasteiger partial charge in [-0.15, -0.1) is 0 Å². The summed E-state index contributed by atoms with van der Waals surface area (Å²) in [6, 6.07) is 15.1. The molecule has 2 aromatic rings. The fourth-order valence-electron chi connectivity index (χ4n) is 2.67. The number of hydrogen-bond acceptors (Lipinski definition) is 4. The predicted molar refractivity (Wildman–Crippen MR) is 113 cm³/mol. The lowest BCUT2D eigenvalue weighted by molar-refractivity contribution is -0.124. The van der Waals surface area contributed by atoms with E-state index in [1.165, 1.54) is 0 Å². The summed E-state index contributed by atoms with van der Waals surface area (Å²) in [6.07, 6.45) is 0. The molecule has 0 aliphatic carbocycles. The van der Waals surface area contributed by atoms with Crippen LogP contribution in [0.2, 0.25) is 0 Å². The fraction of sp³-hybridized carbons (Fsp3) is 0.391. The minimum absolute atomic E-state index is 0.0654. The van der Waals surface area contributed by atoms with E-state index in [2.05, 4.69) is 37.5 Å². The van der Waals surface area contributed by atoms with Gasteiger partial charge < -0.3 is 20.1 Å². The summed E-state index contributed by atoms with van der Waals surface area (Å²) in [7, 11) is 0. The molecule has 6 heteroatoms. The minimum Gasteiger partial charge on any atom is -0.484 e. The number of benzene rings is 2. The van der Waals surface area contributed by atoms with Crippen LogP contribution in [0.15, 0.2) is 48.5 Å². The van der Waals surface area contributed by atoms with E-state index in [4.69, 9.17) is 9.47 Å². The quantitative estimate of drug-likeness (QED) is 0.637. The zero-order valence-electron chi connectivity index (χ0n) is 17.6. The Balaban J connectivity index is 1.67. The van der Waals surface area contributed by atoms with E-state index in [1.54, 1.807) is 12.1 Å². The Kier molecular flexibility index (Phi) is 8.07. The molecule has 0 unspecified atom stereocenters. The van der Waals surface area contributed by atoms with E-state index in [-0.39, 0.29) is 30.4 Å². The van der Waals surface area contributed by atoms with Crippen LogP contribution in [0.4, 0.5) is 0 Å². The van der Waals surface area contributed by atoms with Gasteiger partial charge in [0.15, 0.2) is 13.2 Å². The number of hydrogen-bond donors (Lipinski definition) is 2. The molecule has 2 N–H and O–H groups in total. The summed E-state index contributed by atoms with van der Waals surface area (Å²) in [5.74, 6) is 0.873. The Morgan fingerprint density at radius 3 is 2.03 bits per heavy atom. The molecule has 0 spiro atoms. The van der Waals surface area contributed by atoms with Crippen LogP contribution in [0.1, 0.15) is 31.9 Å². The summed E-state index contributed by atoms with van der Waals surface area (Å²) in [5, 5.41) is 5.43. The molecule has 0 heterocycles. The molecule has 0 bridgehead atoms. The van der Waals surface area contributed by atoms with Crippen molar-refractivity contribution in [1.29, 1.82) is 0 Å². The number of carbonyl (C=O) groups excluding carboxylic acids is 2. The predicted octanol–water partition coefficient (Wildman–Crippen LogP) is 2.98. The van der Waals surface area contributed by atoms with Gasteiger partial charge in [-0.1, -0.05) is 56.7 Å². The maximum absolute atomic E-state index is 12.0. The van der Waals surface area contributed by atoms with Gasteiger partial charge in [0, 0.05) is 13.1 Å². The molecular formula is C23H30N2O4. The van der Waals surface area contributed by atoms with Crippen molar-refractivity contribution in [2.24, 2.45) is 0 Å². The molecule has 0 aliphatic heterocycles. The van der Waals surface area contributed by atoms with Crippen molar-refractivity contribution in [2.45, 2.75) is 33.1 Å². The van der Waals surface area contributed by atoms with Crippen molar-refractivity contribution in [1.82, 2.24) is 10.6 Å². The molecule has 0 fully saturated rings. The maximum atomic E-state index is 12.0. The SMILES string of the molecule is Cc1ccc(OCC(=O)NCCNC(=O)COc2ccccc2)c(C(C)(C)C)c1. The average Bonchev–Trinajstić information content (AvgIpc) is 2.69. The first-order valence-electron chi connectivity index (χ1n) is 9.71. The van der Waals surface area contributed by atoms with Crippen LogP contribution in [0.3, 0.4) is 0 Å². The van der Waals surface area contributed by atoms with Crippen molar-refractivity contribution in [3.8, 4) is 11.5 Å². The lowest BCUT2D eigenvalue weighted by Crippen LogP contribution is -2.38. The van der Waals surface area contributed by atoms with Crippen molar-refractivity contribution in [2.75, 3.05) is 26.3 Å². The van der Waals surface area contributed by atoms with E-state index in [1.807, 2.05) is 37.3 Å². The molecule has 29 heavy (non-hydrogen) atoms. The molecule has 0 aromatic heterocycles. The third kappa shape index (κ3) is 7.86. The molecule has 0 atom stereocenters. The molecule has 0 aliphatic rings. The second-order valence-electron chi connectivity index (χ2n) is 7.84. The minimum atomic E-state index is -0.242. The van der Waals surface area contributed by atoms with Crippen LogP contribution in [-0.2, 0) is 15.0 Å². The summed E-state index contributed by atoms with van der Waals surface area (Å²) < 4.78 is 11.1. The summed E-state index contributed by atoms with van der Waals surface area (Å²) in [6.45, 7) is 8.86. The molecule has 156 valence electrons. The summed E-state index contributed by atoms with van der Waals surface area (Å²) in [4.78, 5) is 23.8. The highest BCUT2D eigenvalue weighted by molar-refractivity contribution is 5.78. The van der Waals surface area contributed by atoms with Gasteiger partial charge in [-0.05, 0) is 36.1 Å². The monoisotopic (exact) mass is 398 g/mol. The highest BCUT2D eigenvalue weighted by Crippen LogP contribution is 2.32. The van der Waals surface area contributed by atoms with Gasteiger partial charge in [-0.25, -0.2) is 0 Å². The Labute approximate surface area is 172 Å². The molecule has 0 saturated heterocycles. The van der Waals surface area contributed by atoms with Crippen LogP contribution >= 0.6 is 0 Å². The molecule has 2 amide bonds. The second-order valence-corrected chi connectivity index (χ2v) is 7.84. The third-order valence-electron chi connectivity index (χ3n) is 4.18. The number of aryl methyl sites for hydroxylation is 1. The Hall–Kier alpha value is -3.02. The number of amides is 2. The van der Waals surface area contributed by atoms with Crippen molar-refractivity contribution < 1.29 is 19.1 Å². The van der Waals surface area contributed by atoms with E-state index < -0.39 is 0 Å². The zero-order valence-corrected chi connectivity index (χ0v) is 17.6. The molecule has 0 saturated carbocycles. The normalized spacial score (nSPS) is 10.9. The Morgan fingerprint density at radius 1 is 0.862 bits per heavy atom. The van der Waals surface area contributed by atoms with Gasteiger partial charge >= 0.3 is 0 Å². The molecule has 6 nitrogen and oxygen atoms in total. The number of ether oxygens (including phenoxy) is 2. The lowest BCUT2D eigenvalue weighted by atomic mass is 9.85. The van der Waals surface area contributed by atoms with Crippen LogP contribution in [0.5, 0.6) is 11.5 Å². The second kappa shape index (κ2) is 10.5. The molecular weight excluding hydrogens is 368 g/mol. The average molecular weight is 399 g/mol. The summed E-state index contributed by atoms with van der Waals surface area (Å²) >= 11 is 0.